The Kier molecular flexibility index (Phi) is 9.93. The molecular weight excluding hydrogens is 420 g/mol. The van der Waals surface area contributed by atoms with Gasteiger partial charge in [-0.25, -0.2) is 0 Å². The van der Waals surface area contributed by atoms with Crippen LogP contribution in [0.3, 0.4) is 0 Å². The molecule has 0 aromatic heterocycles. The lowest BCUT2D eigenvalue weighted by Crippen LogP contribution is -2.43. The van der Waals surface area contributed by atoms with Gasteiger partial charge in [0.25, 0.3) is 0 Å². The van der Waals surface area contributed by atoms with Crippen molar-refractivity contribution in [3.8, 4) is 11.5 Å². The van der Waals surface area contributed by atoms with Gasteiger partial charge in [-0.1, -0.05) is 24.3 Å². The first-order chi connectivity index (χ1) is 15.2. The Morgan fingerprint density at radius 1 is 0.656 bits per heavy atom. The topological polar surface area (TPSA) is 154 Å². The normalized spacial score (nSPS) is 13.7. The molecular formula is C23H28O9. The van der Waals surface area contributed by atoms with Gasteiger partial charge in [0.2, 0.25) is 0 Å². The molecule has 0 heterocycles. The molecule has 0 amide bonds. The summed E-state index contributed by atoms with van der Waals surface area (Å²) in [6, 6.07) is 12.7. The van der Waals surface area contributed by atoms with Crippen LogP contribution in [-0.4, -0.2) is 69.0 Å². The van der Waals surface area contributed by atoms with Crippen LogP contribution in [0.25, 0.3) is 0 Å². The molecule has 2 aromatic carbocycles. The highest BCUT2D eigenvalue weighted by Gasteiger charge is 2.27. The quantitative estimate of drug-likeness (QED) is 0.297. The number of hydrogen-bond donors (Lipinski definition) is 5. The van der Waals surface area contributed by atoms with Crippen molar-refractivity contribution in [2.75, 3.05) is 13.2 Å². The number of phenolic OH excluding ortho intramolecular Hbond substituents is 2. The molecule has 32 heavy (non-hydrogen) atoms. The van der Waals surface area contributed by atoms with Crippen LogP contribution in [0, 0.1) is 0 Å². The zero-order chi connectivity index (χ0) is 23.5. The van der Waals surface area contributed by atoms with Crippen LogP contribution in [-0.2, 0) is 31.9 Å². The summed E-state index contributed by atoms with van der Waals surface area (Å²) in [5, 5.41) is 48.2. The minimum absolute atomic E-state index is 0.0365. The zero-order valence-electron chi connectivity index (χ0n) is 17.5. The third-order valence-electron chi connectivity index (χ3n) is 4.73. The summed E-state index contributed by atoms with van der Waals surface area (Å²) < 4.78 is 9.81. The minimum Gasteiger partial charge on any atom is -0.508 e. The van der Waals surface area contributed by atoms with Crippen LogP contribution >= 0.6 is 0 Å². The predicted octanol–water partition coefficient (Wildman–Crippen LogP) is 0.832. The van der Waals surface area contributed by atoms with Gasteiger partial charge in [-0.15, -0.1) is 0 Å². The van der Waals surface area contributed by atoms with Crippen molar-refractivity contribution in [2.45, 2.75) is 44.0 Å². The maximum absolute atomic E-state index is 11.8. The van der Waals surface area contributed by atoms with E-state index in [1.807, 2.05) is 0 Å². The van der Waals surface area contributed by atoms with Gasteiger partial charge in [0.15, 0.2) is 0 Å². The maximum atomic E-state index is 11.8. The molecule has 174 valence electrons. The standard InChI is InChI=1S/C23H28O9/c24-17-7-1-15(2-8-17)5-11-21(28)31-13-19(26)23(30)20(27)14-32-22(29)12-6-16-3-9-18(25)10-4-16/h1-4,7-10,19-20,23-27,30H,5-6,11-14H2/t19-,20+,23?. The highest BCUT2D eigenvalue weighted by Crippen LogP contribution is 2.13. The fourth-order valence-corrected chi connectivity index (χ4v) is 2.77. The van der Waals surface area contributed by atoms with Crippen molar-refractivity contribution < 1.29 is 44.6 Å². The second-order valence-corrected chi connectivity index (χ2v) is 7.32. The number of aryl methyl sites for hydroxylation is 2. The largest absolute Gasteiger partial charge is 0.508 e. The molecule has 0 aliphatic rings. The number of aliphatic hydroxyl groups is 3. The first kappa shape index (κ1) is 25.1. The van der Waals surface area contributed by atoms with E-state index in [0.717, 1.165) is 11.1 Å². The fourth-order valence-electron chi connectivity index (χ4n) is 2.77. The summed E-state index contributed by atoms with van der Waals surface area (Å²) in [4.78, 5) is 23.6. The number of ether oxygens (including phenoxy) is 2. The number of carbonyl (C=O) groups excluding carboxylic acids is 2. The summed E-state index contributed by atoms with van der Waals surface area (Å²) in [6.07, 6.45) is -3.97. The molecule has 9 nitrogen and oxygen atoms in total. The van der Waals surface area contributed by atoms with Crippen molar-refractivity contribution in [2.24, 2.45) is 0 Å². The van der Waals surface area contributed by atoms with Crippen LogP contribution in [0.5, 0.6) is 11.5 Å². The SMILES string of the molecule is O=C(CCc1ccc(O)cc1)OC[C@@H](O)C(O)[C@@H](O)COC(=O)CCc1ccc(O)cc1. The summed E-state index contributed by atoms with van der Waals surface area (Å²) >= 11 is 0. The molecule has 0 saturated heterocycles. The van der Waals surface area contributed by atoms with Crippen LogP contribution in [0.2, 0.25) is 0 Å². The van der Waals surface area contributed by atoms with Crippen LogP contribution in [0.4, 0.5) is 0 Å². The maximum Gasteiger partial charge on any atom is 0.306 e. The van der Waals surface area contributed by atoms with Crippen LogP contribution < -0.4 is 0 Å². The van der Waals surface area contributed by atoms with Gasteiger partial charge in [-0.3, -0.25) is 9.59 Å². The van der Waals surface area contributed by atoms with Gasteiger partial charge >= 0.3 is 11.9 Å². The second-order valence-electron chi connectivity index (χ2n) is 7.32. The summed E-state index contributed by atoms with van der Waals surface area (Å²) in [7, 11) is 0. The van der Waals surface area contributed by atoms with E-state index in [1.54, 1.807) is 24.3 Å². The van der Waals surface area contributed by atoms with E-state index >= 15 is 0 Å². The first-order valence-electron chi connectivity index (χ1n) is 10.2. The summed E-state index contributed by atoms with van der Waals surface area (Å²) in [5.41, 5.74) is 1.64. The molecule has 3 atom stereocenters. The Hall–Kier alpha value is -3.14. The third kappa shape index (κ3) is 8.93. The van der Waals surface area contributed by atoms with Gasteiger partial charge in [0, 0.05) is 12.8 Å². The van der Waals surface area contributed by atoms with E-state index in [2.05, 4.69) is 0 Å². The van der Waals surface area contributed by atoms with Crippen LogP contribution in [0.1, 0.15) is 24.0 Å². The third-order valence-corrected chi connectivity index (χ3v) is 4.73. The van der Waals surface area contributed by atoms with Gasteiger partial charge in [-0.2, -0.15) is 0 Å². The van der Waals surface area contributed by atoms with E-state index < -0.39 is 43.5 Å². The summed E-state index contributed by atoms with van der Waals surface area (Å²) in [5.74, 6) is -0.955. The molecule has 0 fully saturated rings. The molecule has 0 spiro atoms. The average Bonchev–Trinajstić information content (AvgIpc) is 2.79. The molecule has 0 bridgehead atoms. The lowest BCUT2D eigenvalue weighted by molar-refractivity contribution is -0.157. The van der Waals surface area contributed by atoms with Crippen molar-refractivity contribution in [1.82, 2.24) is 0 Å². The van der Waals surface area contributed by atoms with Gasteiger partial charge in [-0.05, 0) is 48.2 Å². The van der Waals surface area contributed by atoms with Gasteiger partial charge < -0.3 is 35.0 Å². The van der Waals surface area contributed by atoms with Gasteiger partial charge in [0.05, 0.1) is 0 Å². The number of aliphatic hydroxyl groups excluding tert-OH is 3. The molecule has 2 aromatic rings. The molecule has 9 heteroatoms. The Balaban J connectivity index is 1.63. The Labute approximate surface area is 185 Å². The number of aromatic hydroxyl groups is 2. The van der Waals surface area contributed by atoms with E-state index in [0.29, 0.717) is 12.8 Å². The average molecular weight is 448 g/mol. The fraction of sp³-hybridized carbons (Fsp3) is 0.391. The molecule has 2 rings (SSSR count). The highest BCUT2D eigenvalue weighted by molar-refractivity contribution is 5.70. The first-order valence-corrected chi connectivity index (χ1v) is 10.2. The van der Waals surface area contributed by atoms with Crippen molar-refractivity contribution >= 4 is 11.9 Å². The van der Waals surface area contributed by atoms with E-state index in [9.17, 15) is 35.1 Å². The Morgan fingerprint density at radius 2 is 1.00 bits per heavy atom. The van der Waals surface area contributed by atoms with Crippen LogP contribution in [0.15, 0.2) is 48.5 Å². The van der Waals surface area contributed by atoms with Crippen molar-refractivity contribution in [3.63, 3.8) is 0 Å². The predicted molar refractivity (Wildman–Crippen MR) is 113 cm³/mol. The lowest BCUT2D eigenvalue weighted by atomic mass is 10.1. The zero-order valence-corrected chi connectivity index (χ0v) is 17.5. The second kappa shape index (κ2) is 12.7. The molecule has 0 radical (unpaired) electrons. The van der Waals surface area contributed by atoms with E-state index in [1.165, 1.54) is 24.3 Å². The number of rotatable bonds is 12. The molecule has 5 N–H and O–H groups in total. The smallest absolute Gasteiger partial charge is 0.306 e. The minimum atomic E-state index is -1.68. The number of carbonyl (C=O) groups is 2. The molecule has 0 aliphatic heterocycles. The van der Waals surface area contributed by atoms with Gasteiger partial charge in [0.1, 0.15) is 43.0 Å². The molecule has 0 aliphatic carbocycles. The number of hydrogen-bond acceptors (Lipinski definition) is 9. The Bertz CT molecular complexity index is 777. The lowest BCUT2D eigenvalue weighted by Gasteiger charge is -2.22. The van der Waals surface area contributed by atoms with Crippen molar-refractivity contribution in [1.29, 1.82) is 0 Å². The molecule has 0 saturated carbocycles. The monoisotopic (exact) mass is 448 g/mol. The summed E-state index contributed by atoms with van der Waals surface area (Å²) in [6.45, 7) is -1.05. The number of esters is 2. The van der Waals surface area contributed by atoms with E-state index in [-0.39, 0.29) is 24.3 Å². The number of phenols is 2. The molecule has 1 unspecified atom stereocenters. The number of benzene rings is 2. The highest BCUT2D eigenvalue weighted by atomic mass is 16.6. The Morgan fingerprint density at radius 3 is 1.34 bits per heavy atom. The van der Waals surface area contributed by atoms with Crippen molar-refractivity contribution in [3.05, 3.63) is 59.7 Å². The van der Waals surface area contributed by atoms with E-state index in [4.69, 9.17) is 9.47 Å².